The Hall–Kier alpha value is -1.67. The van der Waals surface area contributed by atoms with Crippen molar-refractivity contribution in [2.24, 2.45) is 0 Å². The van der Waals surface area contributed by atoms with Gasteiger partial charge in [-0.25, -0.2) is 0 Å². The monoisotopic (exact) mass is 260 g/mol. The lowest BCUT2D eigenvalue weighted by atomic mass is 10.1. The van der Waals surface area contributed by atoms with Gasteiger partial charge in [0.05, 0.1) is 22.1 Å². The molecule has 94 valence electrons. The van der Waals surface area contributed by atoms with Crippen LogP contribution >= 0.6 is 11.6 Å². The number of nitrogen functional groups attached to an aromatic ring is 1. The van der Waals surface area contributed by atoms with Crippen molar-refractivity contribution < 1.29 is 0 Å². The van der Waals surface area contributed by atoms with E-state index in [-0.39, 0.29) is 0 Å². The van der Waals surface area contributed by atoms with Gasteiger partial charge < -0.3 is 11.1 Å². The van der Waals surface area contributed by atoms with Crippen LogP contribution in [0.5, 0.6) is 0 Å². The molecule has 0 fully saturated rings. The second-order valence-corrected chi connectivity index (χ2v) is 4.96. The molecule has 0 spiro atoms. The van der Waals surface area contributed by atoms with Gasteiger partial charge in [0.2, 0.25) is 0 Å². The normalized spacial score (nSPS) is 10.4. The van der Waals surface area contributed by atoms with Crippen LogP contribution in [0.4, 0.5) is 17.1 Å². The zero-order valence-electron chi connectivity index (χ0n) is 10.8. The largest absolute Gasteiger partial charge is 0.397 e. The number of aryl methyl sites for hydroxylation is 3. The topological polar surface area (TPSA) is 38.0 Å². The van der Waals surface area contributed by atoms with Crippen molar-refractivity contribution in [3.8, 4) is 0 Å². The average Bonchev–Trinajstić information content (AvgIpc) is 2.32. The highest BCUT2D eigenvalue weighted by atomic mass is 35.5. The molecule has 0 saturated heterocycles. The number of nitrogens with two attached hydrogens (primary N) is 1. The molecule has 0 unspecified atom stereocenters. The van der Waals surface area contributed by atoms with Crippen LogP contribution in [0.25, 0.3) is 0 Å². The molecule has 0 heterocycles. The molecule has 0 saturated carbocycles. The molecule has 0 bridgehead atoms. The lowest BCUT2D eigenvalue weighted by Crippen LogP contribution is -1.99. The third-order valence-electron chi connectivity index (χ3n) is 3.13. The molecule has 3 N–H and O–H groups in total. The van der Waals surface area contributed by atoms with Crippen LogP contribution in [-0.4, -0.2) is 0 Å². The molecule has 0 amide bonds. The number of benzene rings is 2. The van der Waals surface area contributed by atoms with Crippen molar-refractivity contribution in [3.63, 3.8) is 0 Å². The molecular weight excluding hydrogens is 244 g/mol. The third-order valence-corrected chi connectivity index (χ3v) is 3.63. The molecule has 0 aromatic heterocycles. The molecule has 2 aromatic carbocycles. The summed E-state index contributed by atoms with van der Waals surface area (Å²) in [6, 6.07) is 9.92. The number of halogens is 1. The molecule has 2 nitrogen and oxygen atoms in total. The van der Waals surface area contributed by atoms with Gasteiger partial charge in [-0.1, -0.05) is 23.7 Å². The summed E-state index contributed by atoms with van der Waals surface area (Å²) < 4.78 is 0. The maximum atomic E-state index is 6.26. The van der Waals surface area contributed by atoms with Gasteiger partial charge in [-0.05, 0) is 55.7 Å². The summed E-state index contributed by atoms with van der Waals surface area (Å²) in [6.07, 6.45) is 0. The van der Waals surface area contributed by atoms with Crippen LogP contribution in [0, 0.1) is 20.8 Å². The lowest BCUT2D eigenvalue weighted by molar-refractivity contribution is 1.34. The highest BCUT2D eigenvalue weighted by molar-refractivity contribution is 6.34. The van der Waals surface area contributed by atoms with Crippen molar-refractivity contribution >= 4 is 28.7 Å². The first kappa shape index (κ1) is 12.8. The number of hydrogen-bond acceptors (Lipinski definition) is 2. The number of rotatable bonds is 2. The van der Waals surface area contributed by atoms with Gasteiger partial charge in [-0.2, -0.15) is 0 Å². The van der Waals surface area contributed by atoms with Crippen LogP contribution in [0.1, 0.15) is 16.7 Å². The van der Waals surface area contributed by atoms with Gasteiger partial charge in [0.25, 0.3) is 0 Å². The van der Waals surface area contributed by atoms with Crippen LogP contribution in [0.15, 0.2) is 30.3 Å². The molecule has 0 aliphatic heterocycles. The van der Waals surface area contributed by atoms with E-state index in [1.165, 1.54) is 11.1 Å². The van der Waals surface area contributed by atoms with Gasteiger partial charge >= 0.3 is 0 Å². The maximum Gasteiger partial charge on any atom is 0.0670 e. The molecular formula is C15H17ClN2. The van der Waals surface area contributed by atoms with Gasteiger partial charge in [-0.15, -0.1) is 0 Å². The van der Waals surface area contributed by atoms with Gasteiger partial charge in [-0.3, -0.25) is 0 Å². The maximum absolute atomic E-state index is 6.26. The van der Waals surface area contributed by atoms with Crippen molar-refractivity contribution in [2.45, 2.75) is 20.8 Å². The molecule has 3 heteroatoms. The first-order valence-electron chi connectivity index (χ1n) is 5.88. The van der Waals surface area contributed by atoms with E-state index in [1.807, 2.05) is 37.3 Å². The minimum atomic E-state index is 0.732. The number of anilines is 3. The molecule has 0 aliphatic carbocycles. The predicted octanol–water partition coefficient (Wildman–Crippen LogP) is 4.59. The van der Waals surface area contributed by atoms with Crippen LogP contribution in [-0.2, 0) is 0 Å². The first-order valence-corrected chi connectivity index (χ1v) is 6.25. The lowest BCUT2D eigenvalue weighted by Gasteiger charge is -2.14. The summed E-state index contributed by atoms with van der Waals surface area (Å²) >= 11 is 6.26. The zero-order chi connectivity index (χ0) is 13.3. The fourth-order valence-corrected chi connectivity index (χ4v) is 2.01. The van der Waals surface area contributed by atoms with Crippen molar-refractivity contribution in [3.05, 3.63) is 52.0 Å². The summed E-state index contributed by atoms with van der Waals surface area (Å²) in [7, 11) is 0. The Morgan fingerprint density at radius 2 is 1.61 bits per heavy atom. The average molecular weight is 261 g/mol. The fraction of sp³-hybridized carbons (Fsp3) is 0.200. The van der Waals surface area contributed by atoms with Crippen molar-refractivity contribution in [1.82, 2.24) is 0 Å². The Morgan fingerprint density at radius 3 is 2.33 bits per heavy atom. The fourth-order valence-electron chi connectivity index (χ4n) is 1.84. The number of nitrogens with one attached hydrogen (secondary N) is 1. The van der Waals surface area contributed by atoms with E-state index in [2.05, 4.69) is 19.2 Å². The predicted molar refractivity (Wildman–Crippen MR) is 79.8 cm³/mol. The van der Waals surface area contributed by atoms with E-state index < -0.39 is 0 Å². The van der Waals surface area contributed by atoms with E-state index in [9.17, 15) is 0 Å². The van der Waals surface area contributed by atoms with E-state index >= 15 is 0 Å². The molecule has 2 aromatic rings. The Bertz CT molecular complexity index is 591. The Balaban J connectivity index is 2.40. The van der Waals surface area contributed by atoms with Gasteiger partial charge in [0.1, 0.15) is 0 Å². The molecule has 0 atom stereocenters. The highest BCUT2D eigenvalue weighted by Gasteiger charge is 2.06. The quantitative estimate of drug-likeness (QED) is 0.775. The van der Waals surface area contributed by atoms with Gasteiger partial charge in [0.15, 0.2) is 0 Å². The summed E-state index contributed by atoms with van der Waals surface area (Å²) in [6.45, 7) is 6.10. The smallest absolute Gasteiger partial charge is 0.0670 e. The SMILES string of the molecule is Cc1cc(N)c(Nc2cccc(C)c2Cl)cc1C. The summed E-state index contributed by atoms with van der Waals surface area (Å²) in [5.41, 5.74) is 12.0. The van der Waals surface area contributed by atoms with Crippen LogP contribution < -0.4 is 11.1 Å². The van der Waals surface area contributed by atoms with E-state index in [0.717, 1.165) is 27.6 Å². The molecule has 18 heavy (non-hydrogen) atoms. The summed E-state index contributed by atoms with van der Waals surface area (Å²) in [5.74, 6) is 0. The first-order chi connectivity index (χ1) is 8.49. The van der Waals surface area contributed by atoms with E-state index in [1.54, 1.807) is 0 Å². The standard InChI is InChI=1S/C15H17ClN2/c1-9-5-4-6-13(15(9)16)18-14-8-11(3)10(2)7-12(14)17/h4-8,18H,17H2,1-3H3. The van der Waals surface area contributed by atoms with E-state index in [0.29, 0.717) is 0 Å². The molecule has 0 aliphatic rings. The molecule has 0 radical (unpaired) electrons. The van der Waals surface area contributed by atoms with Crippen LogP contribution in [0.3, 0.4) is 0 Å². The van der Waals surface area contributed by atoms with Crippen molar-refractivity contribution in [2.75, 3.05) is 11.1 Å². The number of hydrogen-bond donors (Lipinski definition) is 2. The second kappa shape index (κ2) is 4.91. The highest BCUT2D eigenvalue weighted by Crippen LogP contribution is 2.31. The zero-order valence-corrected chi connectivity index (χ0v) is 11.6. The van der Waals surface area contributed by atoms with Gasteiger partial charge in [0, 0.05) is 0 Å². The van der Waals surface area contributed by atoms with Crippen LogP contribution in [0.2, 0.25) is 5.02 Å². The van der Waals surface area contributed by atoms with E-state index in [4.69, 9.17) is 17.3 Å². The Morgan fingerprint density at radius 1 is 0.944 bits per heavy atom. The second-order valence-electron chi connectivity index (χ2n) is 4.59. The minimum absolute atomic E-state index is 0.732. The summed E-state index contributed by atoms with van der Waals surface area (Å²) in [5, 5.41) is 4.02. The minimum Gasteiger partial charge on any atom is -0.397 e. The molecule has 2 rings (SSSR count). The summed E-state index contributed by atoms with van der Waals surface area (Å²) in [4.78, 5) is 0. The Labute approximate surface area is 113 Å². The van der Waals surface area contributed by atoms with Crippen molar-refractivity contribution in [1.29, 1.82) is 0 Å². The third kappa shape index (κ3) is 2.44. The Kier molecular flexibility index (Phi) is 3.48.